The van der Waals surface area contributed by atoms with Crippen molar-refractivity contribution in [3.63, 3.8) is 0 Å². The normalized spacial score (nSPS) is 16.5. The molecule has 3 aromatic carbocycles. The highest BCUT2D eigenvalue weighted by Gasteiger charge is 2.34. The van der Waals surface area contributed by atoms with Gasteiger partial charge in [0.15, 0.2) is 0 Å². The molecule has 0 aliphatic carbocycles. The lowest BCUT2D eigenvalue weighted by Gasteiger charge is -2.25. The molecule has 5 rings (SSSR count). The monoisotopic (exact) mass is 435 g/mol. The van der Waals surface area contributed by atoms with E-state index in [1.54, 1.807) is 12.1 Å². The van der Waals surface area contributed by atoms with Crippen molar-refractivity contribution in [3.05, 3.63) is 83.4 Å². The van der Waals surface area contributed by atoms with Gasteiger partial charge in [-0.3, -0.25) is 15.0 Å². The van der Waals surface area contributed by atoms with Crippen LogP contribution in [0.3, 0.4) is 0 Å². The highest BCUT2D eigenvalue weighted by molar-refractivity contribution is 8.00. The fourth-order valence-electron chi connectivity index (χ4n) is 3.91. The van der Waals surface area contributed by atoms with Crippen LogP contribution in [0.5, 0.6) is 0 Å². The third-order valence-corrected chi connectivity index (χ3v) is 6.71. The number of fused-ring (bicyclic) bond motifs is 3. The number of amides is 2. The van der Waals surface area contributed by atoms with Crippen molar-refractivity contribution in [2.45, 2.75) is 11.9 Å². The fraction of sp³-hybridized carbons (Fsp3) is 0.130. The second-order valence-corrected chi connectivity index (χ2v) is 8.64. The molecule has 1 aliphatic rings. The number of carbonyl (C=O) groups excluding carboxylic acids is 2. The first-order valence-electron chi connectivity index (χ1n) is 9.56. The van der Waals surface area contributed by atoms with Crippen LogP contribution in [-0.2, 0) is 16.1 Å². The molecule has 0 saturated carbocycles. The van der Waals surface area contributed by atoms with Crippen LogP contribution in [0.25, 0.3) is 21.8 Å². The Morgan fingerprint density at radius 2 is 1.57 bits per heavy atom. The summed E-state index contributed by atoms with van der Waals surface area (Å²) in [7, 11) is 0. The fourth-order valence-corrected chi connectivity index (χ4v) is 5.14. The number of halogens is 1. The predicted octanol–water partition coefficient (Wildman–Crippen LogP) is 4.75. The number of nitrogens with one attached hydrogen (secondary N) is 1. The summed E-state index contributed by atoms with van der Waals surface area (Å²) in [4.78, 5) is 25.4. The van der Waals surface area contributed by atoms with Crippen LogP contribution in [0.1, 0.15) is 10.9 Å². The van der Waals surface area contributed by atoms with Crippen LogP contribution >= 0.6 is 23.4 Å². The summed E-state index contributed by atoms with van der Waals surface area (Å²) in [6, 6.07) is 23.4. The van der Waals surface area contributed by atoms with Crippen molar-refractivity contribution in [1.82, 2.24) is 15.0 Å². The number of rotatable bonds is 4. The summed E-state index contributed by atoms with van der Waals surface area (Å²) >= 11 is 7.47. The lowest BCUT2D eigenvalue weighted by molar-refractivity contribution is -0.139. The van der Waals surface area contributed by atoms with E-state index in [0.717, 1.165) is 27.4 Å². The largest absolute Gasteiger partial charge is 0.331 e. The number of nitrogens with zero attached hydrogens (tertiary/aromatic N) is 2. The van der Waals surface area contributed by atoms with Gasteiger partial charge in [-0.05, 0) is 29.8 Å². The molecular weight excluding hydrogens is 418 g/mol. The highest BCUT2D eigenvalue weighted by atomic mass is 35.5. The Morgan fingerprint density at radius 3 is 2.20 bits per heavy atom. The Balaban J connectivity index is 1.43. The minimum Gasteiger partial charge on any atom is -0.331 e. The van der Waals surface area contributed by atoms with Crippen molar-refractivity contribution in [1.29, 1.82) is 0 Å². The third kappa shape index (κ3) is 3.32. The van der Waals surface area contributed by atoms with Gasteiger partial charge in [0.2, 0.25) is 0 Å². The Bertz CT molecular complexity index is 1220. The van der Waals surface area contributed by atoms with E-state index in [9.17, 15) is 9.59 Å². The predicted molar refractivity (Wildman–Crippen MR) is 121 cm³/mol. The molecule has 1 atom stereocenters. The minimum atomic E-state index is -0.267. The van der Waals surface area contributed by atoms with Crippen molar-refractivity contribution in [3.8, 4) is 0 Å². The van der Waals surface area contributed by atoms with Gasteiger partial charge >= 0.3 is 0 Å². The molecular formula is C23H18ClN3O2S. The van der Waals surface area contributed by atoms with Gasteiger partial charge in [-0.1, -0.05) is 60.1 Å². The molecule has 2 heterocycles. The first kappa shape index (κ1) is 19.0. The van der Waals surface area contributed by atoms with Gasteiger partial charge in [0.1, 0.15) is 11.9 Å². The zero-order valence-electron chi connectivity index (χ0n) is 15.9. The topological polar surface area (TPSA) is 54.3 Å². The molecule has 0 bridgehead atoms. The van der Waals surface area contributed by atoms with E-state index in [-0.39, 0.29) is 23.7 Å². The minimum absolute atomic E-state index is 0.115. The van der Waals surface area contributed by atoms with E-state index in [2.05, 4.69) is 17.6 Å². The number of hydrogen-bond acceptors (Lipinski definition) is 3. The van der Waals surface area contributed by atoms with E-state index < -0.39 is 0 Å². The van der Waals surface area contributed by atoms with E-state index >= 15 is 0 Å². The first-order chi connectivity index (χ1) is 14.6. The van der Waals surface area contributed by atoms with E-state index in [1.807, 2.05) is 53.1 Å². The van der Waals surface area contributed by atoms with Gasteiger partial charge in [-0.15, -0.1) is 11.8 Å². The molecule has 1 saturated heterocycles. The van der Waals surface area contributed by atoms with Crippen molar-refractivity contribution < 1.29 is 9.59 Å². The Morgan fingerprint density at radius 1 is 0.967 bits per heavy atom. The number of aromatic nitrogens is 1. The van der Waals surface area contributed by atoms with E-state index in [1.165, 1.54) is 16.8 Å². The molecule has 4 aromatic rings. The van der Waals surface area contributed by atoms with Crippen molar-refractivity contribution in [2.75, 3.05) is 5.75 Å². The van der Waals surface area contributed by atoms with E-state index in [4.69, 9.17) is 11.6 Å². The van der Waals surface area contributed by atoms with Crippen LogP contribution < -0.4 is 5.43 Å². The summed E-state index contributed by atoms with van der Waals surface area (Å²) < 4.78 is 1.99. The number of carbonyl (C=O) groups is 2. The lowest BCUT2D eigenvalue weighted by Crippen LogP contribution is -2.45. The Kier molecular flexibility index (Phi) is 4.89. The van der Waals surface area contributed by atoms with Crippen molar-refractivity contribution >= 4 is 57.0 Å². The summed E-state index contributed by atoms with van der Waals surface area (Å²) in [5.74, 6) is -0.0324. The molecule has 150 valence electrons. The van der Waals surface area contributed by atoms with Gasteiger partial charge in [0, 0.05) is 26.8 Å². The summed E-state index contributed by atoms with van der Waals surface area (Å²) in [5, 5.41) is 4.01. The molecule has 0 spiro atoms. The quantitative estimate of drug-likeness (QED) is 0.503. The molecule has 1 aromatic heterocycles. The number of benzene rings is 3. The number of hydrazine groups is 1. The van der Waals surface area contributed by atoms with Gasteiger partial charge in [-0.2, -0.15) is 0 Å². The lowest BCUT2D eigenvalue weighted by atomic mass is 10.2. The zero-order valence-corrected chi connectivity index (χ0v) is 17.5. The highest BCUT2D eigenvalue weighted by Crippen LogP contribution is 2.37. The van der Waals surface area contributed by atoms with Gasteiger partial charge in [0.25, 0.3) is 11.8 Å². The SMILES string of the molecule is O=C(Cn1c2ccccc2c2ccccc21)NN1C(=O)CSC1c1ccc(Cl)cc1. The van der Waals surface area contributed by atoms with Crippen LogP contribution in [0.15, 0.2) is 72.8 Å². The maximum absolute atomic E-state index is 13.0. The molecule has 1 aliphatic heterocycles. The van der Waals surface area contributed by atoms with Crippen LogP contribution in [0.4, 0.5) is 0 Å². The Hall–Kier alpha value is -2.96. The molecule has 7 heteroatoms. The average Bonchev–Trinajstić information content (AvgIpc) is 3.28. The standard InChI is InChI=1S/C23H18ClN3O2S/c24-16-11-9-15(10-12-16)23-27(22(29)14-30-23)25-21(28)13-26-19-7-3-1-5-17(19)18-6-2-4-8-20(18)26/h1-12,23H,13-14H2,(H,25,28). The summed E-state index contributed by atoms with van der Waals surface area (Å²) in [6.45, 7) is 0.121. The molecule has 2 amide bonds. The van der Waals surface area contributed by atoms with Crippen molar-refractivity contribution in [2.24, 2.45) is 0 Å². The maximum atomic E-state index is 13.0. The Labute approximate surface area is 182 Å². The molecule has 1 fully saturated rings. The summed E-state index contributed by atoms with van der Waals surface area (Å²) in [5.41, 5.74) is 5.74. The van der Waals surface area contributed by atoms with Crippen LogP contribution in [0, 0.1) is 0 Å². The second kappa shape index (κ2) is 7.70. The van der Waals surface area contributed by atoms with Gasteiger partial charge in [0.05, 0.1) is 5.75 Å². The first-order valence-corrected chi connectivity index (χ1v) is 11.0. The number of thioether (sulfide) groups is 1. The smallest absolute Gasteiger partial charge is 0.258 e. The second-order valence-electron chi connectivity index (χ2n) is 7.13. The molecule has 30 heavy (non-hydrogen) atoms. The molecule has 5 nitrogen and oxygen atoms in total. The van der Waals surface area contributed by atoms with Gasteiger partial charge in [-0.25, -0.2) is 5.01 Å². The average molecular weight is 436 g/mol. The summed E-state index contributed by atoms with van der Waals surface area (Å²) in [6.07, 6.45) is 0. The van der Waals surface area contributed by atoms with Crippen LogP contribution in [0.2, 0.25) is 5.02 Å². The van der Waals surface area contributed by atoms with Gasteiger partial charge < -0.3 is 4.57 Å². The molecule has 0 radical (unpaired) electrons. The molecule has 1 N–H and O–H groups in total. The number of para-hydroxylation sites is 2. The third-order valence-electron chi connectivity index (χ3n) is 5.25. The zero-order chi connectivity index (χ0) is 20.7. The maximum Gasteiger partial charge on any atom is 0.258 e. The molecule has 1 unspecified atom stereocenters. The van der Waals surface area contributed by atoms with Crippen LogP contribution in [-0.4, -0.2) is 27.1 Å². The van der Waals surface area contributed by atoms with E-state index in [0.29, 0.717) is 10.8 Å². The number of hydrogen-bond donors (Lipinski definition) is 1.